The van der Waals surface area contributed by atoms with Gasteiger partial charge in [0.2, 0.25) is 0 Å². The van der Waals surface area contributed by atoms with E-state index >= 15 is 0 Å². The highest BCUT2D eigenvalue weighted by atomic mass is 16.5. The molecule has 5 nitrogen and oxygen atoms in total. The summed E-state index contributed by atoms with van der Waals surface area (Å²) in [5.74, 6) is 0.830. The van der Waals surface area contributed by atoms with Crippen molar-refractivity contribution >= 4 is 10.9 Å². The molecule has 0 fully saturated rings. The summed E-state index contributed by atoms with van der Waals surface area (Å²) in [5.41, 5.74) is 2.21. The fourth-order valence-corrected chi connectivity index (χ4v) is 2.21. The lowest BCUT2D eigenvalue weighted by molar-refractivity contribution is 0.199. The fraction of sp³-hybridized carbons (Fsp3) is 0.250. The number of aromatic nitrogens is 3. The first-order valence-electron chi connectivity index (χ1n) is 6.96. The van der Waals surface area contributed by atoms with Gasteiger partial charge in [0.1, 0.15) is 0 Å². The van der Waals surface area contributed by atoms with Gasteiger partial charge in [0, 0.05) is 31.8 Å². The van der Waals surface area contributed by atoms with Gasteiger partial charge < -0.3 is 10.1 Å². The second-order valence-corrected chi connectivity index (χ2v) is 4.81. The van der Waals surface area contributed by atoms with Crippen LogP contribution in [-0.2, 0) is 11.3 Å². The topological polar surface area (TPSA) is 52.0 Å². The molecule has 0 saturated heterocycles. The van der Waals surface area contributed by atoms with E-state index in [1.807, 2.05) is 47.4 Å². The van der Waals surface area contributed by atoms with E-state index in [1.165, 1.54) is 0 Å². The molecule has 3 aromatic rings. The van der Waals surface area contributed by atoms with Crippen molar-refractivity contribution in [3.8, 4) is 5.82 Å². The average molecular weight is 282 g/mol. The van der Waals surface area contributed by atoms with Crippen molar-refractivity contribution in [3.05, 3.63) is 54.4 Å². The Morgan fingerprint density at radius 1 is 1.14 bits per heavy atom. The zero-order valence-corrected chi connectivity index (χ0v) is 12.0. The summed E-state index contributed by atoms with van der Waals surface area (Å²) in [6.07, 6.45) is 3.74. The number of hydrogen-bond donors (Lipinski definition) is 1. The second-order valence-electron chi connectivity index (χ2n) is 4.81. The Hall–Kier alpha value is -2.24. The van der Waals surface area contributed by atoms with Gasteiger partial charge in [-0.3, -0.25) is 0 Å². The quantitative estimate of drug-likeness (QED) is 0.704. The molecule has 108 valence electrons. The van der Waals surface area contributed by atoms with E-state index in [4.69, 9.17) is 4.74 Å². The first kappa shape index (κ1) is 13.7. The minimum Gasteiger partial charge on any atom is -0.383 e. The summed E-state index contributed by atoms with van der Waals surface area (Å²) in [7, 11) is 1.70. The van der Waals surface area contributed by atoms with Crippen LogP contribution in [0.25, 0.3) is 16.7 Å². The summed E-state index contributed by atoms with van der Waals surface area (Å²) in [4.78, 5) is 4.50. The van der Waals surface area contributed by atoms with Crippen LogP contribution in [0.15, 0.2) is 48.8 Å². The summed E-state index contributed by atoms with van der Waals surface area (Å²) < 4.78 is 6.86. The average Bonchev–Trinajstić information content (AvgIpc) is 2.96. The van der Waals surface area contributed by atoms with Crippen molar-refractivity contribution in [3.63, 3.8) is 0 Å². The van der Waals surface area contributed by atoms with Gasteiger partial charge in [-0.2, -0.15) is 5.10 Å². The van der Waals surface area contributed by atoms with Crippen molar-refractivity contribution in [1.82, 2.24) is 20.1 Å². The van der Waals surface area contributed by atoms with E-state index < -0.39 is 0 Å². The third-order valence-electron chi connectivity index (χ3n) is 3.32. The lowest BCUT2D eigenvalue weighted by Crippen LogP contribution is -2.18. The van der Waals surface area contributed by atoms with Gasteiger partial charge >= 0.3 is 0 Å². The standard InChI is InChI=1S/C16H18N4O/c1-21-9-8-17-10-13-6-7-16(18-11-13)20-15-5-3-2-4-14(15)12-19-20/h2-7,11-12,17H,8-10H2,1H3. The number of ether oxygens (including phenoxy) is 1. The maximum Gasteiger partial charge on any atom is 0.153 e. The molecule has 5 heteroatoms. The number of fused-ring (bicyclic) bond motifs is 1. The van der Waals surface area contributed by atoms with Gasteiger partial charge in [0.15, 0.2) is 5.82 Å². The predicted octanol–water partition coefficient (Wildman–Crippen LogP) is 2.16. The summed E-state index contributed by atoms with van der Waals surface area (Å²) in [6.45, 7) is 2.34. The number of benzene rings is 1. The third kappa shape index (κ3) is 3.09. The number of hydrogen-bond acceptors (Lipinski definition) is 4. The molecule has 0 aliphatic rings. The highest BCUT2D eigenvalue weighted by Gasteiger charge is 2.05. The van der Waals surface area contributed by atoms with Crippen LogP contribution in [0.3, 0.4) is 0 Å². The largest absolute Gasteiger partial charge is 0.383 e. The lowest BCUT2D eigenvalue weighted by atomic mass is 10.2. The number of pyridine rings is 1. The van der Waals surface area contributed by atoms with Gasteiger partial charge in [0.25, 0.3) is 0 Å². The molecule has 21 heavy (non-hydrogen) atoms. The first-order chi connectivity index (χ1) is 10.4. The maximum absolute atomic E-state index is 5.00. The van der Waals surface area contributed by atoms with E-state index in [0.717, 1.165) is 35.4 Å². The smallest absolute Gasteiger partial charge is 0.153 e. The van der Waals surface area contributed by atoms with Gasteiger partial charge in [-0.15, -0.1) is 0 Å². The highest BCUT2D eigenvalue weighted by Crippen LogP contribution is 2.16. The molecule has 1 N–H and O–H groups in total. The van der Waals surface area contributed by atoms with E-state index in [2.05, 4.69) is 21.5 Å². The SMILES string of the molecule is COCCNCc1ccc(-n2ncc3ccccc32)nc1. The Morgan fingerprint density at radius 3 is 2.86 bits per heavy atom. The van der Waals surface area contributed by atoms with E-state index in [-0.39, 0.29) is 0 Å². The van der Waals surface area contributed by atoms with Crippen LogP contribution in [0.2, 0.25) is 0 Å². The zero-order chi connectivity index (χ0) is 14.5. The van der Waals surface area contributed by atoms with Crippen LogP contribution in [0.5, 0.6) is 0 Å². The monoisotopic (exact) mass is 282 g/mol. The molecular weight excluding hydrogens is 264 g/mol. The normalized spacial score (nSPS) is 11.1. The molecule has 0 spiro atoms. The van der Waals surface area contributed by atoms with Crippen molar-refractivity contribution in [1.29, 1.82) is 0 Å². The van der Waals surface area contributed by atoms with Crippen LogP contribution in [-0.4, -0.2) is 35.0 Å². The molecule has 0 bridgehead atoms. The van der Waals surface area contributed by atoms with Crippen LogP contribution in [0.1, 0.15) is 5.56 Å². The van der Waals surface area contributed by atoms with Gasteiger partial charge in [-0.1, -0.05) is 24.3 Å². The fourth-order valence-electron chi connectivity index (χ4n) is 2.21. The molecule has 2 heterocycles. The van der Waals surface area contributed by atoms with Gasteiger partial charge in [0.05, 0.1) is 18.3 Å². The van der Waals surface area contributed by atoms with Gasteiger partial charge in [-0.25, -0.2) is 9.67 Å². The molecule has 0 aliphatic heterocycles. The van der Waals surface area contributed by atoms with Crippen LogP contribution >= 0.6 is 0 Å². The van der Waals surface area contributed by atoms with Crippen molar-refractivity contribution in [2.75, 3.05) is 20.3 Å². The number of nitrogens with zero attached hydrogens (tertiary/aromatic N) is 3. The molecule has 0 atom stereocenters. The van der Waals surface area contributed by atoms with E-state index in [0.29, 0.717) is 6.61 Å². The Balaban J connectivity index is 1.75. The summed E-state index contributed by atoms with van der Waals surface area (Å²) >= 11 is 0. The Bertz CT molecular complexity index is 706. The molecule has 0 aliphatic carbocycles. The third-order valence-corrected chi connectivity index (χ3v) is 3.32. The van der Waals surface area contributed by atoms with E-state index in [1.54, 1.807) is 7.11 Å². The Labute approximate surface area is 123 Å². The highest BCUT2D eigenvalue weighted by molar-refractivity contribution is 5.79. The number of methoxy groups -OCH3 is 1. The Kier molecular flexibility index (Phi) is 4.23. The predicted molar refractivity (Wildman–Crippen MR) is 82.4 cm³/mol. The molecule has 1 aromatic carbocycles. The van der Waals surface area contributed by atoms with Crippen molar-refractivity contribution < 1.29 is 4.74 Å². The van der Waals surface area contributed by atoms with Crippen LogP contribution in [0, 0.1) is 0 Å². The van der Waals surface area contributed by atoms with Crippen molar-refractivity contribution in [2.24, 2.45) is 0 Å². The van der Waals surface area contributed by atoms with Crippen molar-refractivity contribution in [2.45, 2.75) is 6.54 Å². The number of nitrogens with one attached hydrogen (secondary N) is 1. The summed E-state index contributed by atoms with van der Waals surface area (Å²) in [5, 5.41) is 8.82. The molecule has 0 radical (unpaired) electrons. The molecule has 0 amide bonds. The van der Waals surface area contributed by atoms with Crippen LogP contribution in [0.4, 0.5) is 0 Å². The summed E-state index contributed by atoms with van der Waals surface area (Å²) in [6, 6.07) is 12.2. The second kappa shape index (κ2) is 6.47. The molecule has 0 unspecified atom stereocenters. The number of para-hydroxylation sites is 1. The molecule has 2 aromatic heterocycles. The number of rotatable bonds is 6. The molecule has 3 rings (SSSR count). The molecular formula is C16H18N4O. The van der Waals surface area contributed by atoms with Crippen LogP contribution < -0.4 is 5.32 Å². The first-order valence-corrected chi connectivity index (χ1v) is 6.96. The Morgan fingerprint density at radius 2 is 2.05 bits per heavy atom. The van der Waals surface area contributed by atoms with Gasteiger partial charge in [-0.05, 0) is 17.7 Å². The zero-order valence-electron chi connectivity index (χ0n) is 12.0. The van der Waals surface area contributed by atoms with E-state index in [9.17, 15) is 0 Å². The lowest BCUT2D eigenvalue weighted by Gasteiger charge is -2.06. The maximum atomic E-state index is 5.00. The minimum atomic E-state index is 0.713. The molecule has 0 saturated carbocycles. The minimum absolute atomic E-state index is 0.713.